The van der Waals surface area contributed by atoms with Gasteiger partial charge >= 0.3 is 0 Å². The van der Waals surface area contributed by atoms with E-state index in [1.165, 1.54) is 12.1 Å². The molecule has 0 saturated carbocycles. The minimum absolute atomic E-state index is 0.0339. The first-order chi connectivity index (χ1) is 9.61. The Hall–Kier alpha value is -1.13. The fourth-order valence-electron chi connectivity index (χ4n) is 2.94. The van der Waals surface area contributed by atoms with Crippen molar-refractivity contribution < 1.29 is 4.74 Å². The average Bonchev–Trinajstić information content (AvgIpc) is 2.49. The maximum atomic E-state index is 5.66. The van der Waals surface area contributed by atoms with Crippen molar-refractivity contribution in [2.24, 2.45) is 0 Å². The second-order valence-electron chi connectivity index (χ2n) is 5.87. The fourth-order valence-corrected chi connectivity index (χ4v) is 2.94. The van der Waals surface area contributed by atoms with Crippen LogP contribution in [-0.2, 0) is 4.74 Å². The van der Waals surface area contributed by atoms with E-state index in [1.807, 2.05) is 20.4 Å². The van der Waals surface area contributed by atoms with Gasteiger partial charge in [0.1, 0.15) is 0 Å². The number of piperidine rings is 1. The molecule has 4 heteroatoms. The van der Waals surface area contributed by atoms with E-state index in [0.29, 0.717) is 6.04 Å². The van der Waals surface area contributed by atoms with Crippen LogP contribution in [0.1, 0.15) is 44.8 Å². The summed E-state index contributed by atoms with van der Waals surface area (Å²) in [5.74, 6) is 0. The highest BCUT2D eigenvalue weighted by molar-refractivity contribution is 5.45. The van der Waals surface area contributed by atoms with Crippen LogP contribution in [0.4, 0.5) is 5.69 Å². The minimum atomic E-state index is -0.0339. The van der Waals surface area contributed by atoms with Crippen molar-refractivity contribution in [2.75, 3.05) is 32.1 Å². The van der Waals surface area contributed by atoms with Crippen molar-refractivity contribution in [1.82, 2.24) is 10.3 Å². The van der Waals surface area contributed by atoms with Crippen molar-refractivity contribution >= 4 is 5.69 Å². The third-order valence-electron chi connectivity index (χ3n) is 4.40. The van der Waals surface area contributed by atoms with Gasteiger partial charge in [-0.2, -0.15) is 0 Å². The fraction of sp³-hybridized carbons (Fsp3) is 0.688. The second-order valence-corrected chi connectivity index (χ2v) is 5.87. The first-order valence-corrected chi connectivity index (χ1v) is 7.55. The van der Waals surface area contributed by atoms with E-state index in [2.05, 4.69) is 41.2 Å². The molecule has 2 unspecified atom stereocenters. The lowest BCUT2D eigenvalue weighted by atomic mass is 9.94. The van der Waals surface area contributed by atoms with Gasteiger partial charge in [-0.1, -0.05) is 6.92 Å². The Morgan fingerprint density at radius 1 is 1.50 bits per heavy atom. The van der Waals surface area contributed by atoms with Gasteiger partial charge in [0.25, 0.3) is 0 Å². The molecule has 0 bridgehead atoms. The first kappa shape index (κ1) is 15.3. The Bertz CT molecular complexity index is 416. The van der Waals surface area contributed by atoms with E-state index in [4.69, 9.17) is 4.74 Å². The zero-order chi connectivity index (χ0) is 14.6. The smallest absolute Gasteiger partial charge is 0.0825 e. The molecule has 1 fully saturated rings. The summed E-state index contributed by atoms with van der Waals surface area (Å²) in [5.41, 5.74) is 2.28. The molecule has 20 heavy (non-hydrogen) atoms. The molecular formula is C16H27N3O. The van der Waals surface area contributed by atoms with E-state index >= 15 is 0 Å². The normalized spacial score (nSPS) is 24.7. The Morgan fingerprint density at radius 2 is 2.30 bits per heavy atom. The molecule has 1 aliphatic heterocycles. The summed E-state index contributed by atoms with van der Waals surface area (Å²) in [7, 11) is 3.79. The van der Waals surface area contributed by atoms with E-state index in [-0.39, 0.29) is 5.60 Å². The number of hydrogen-bond acceptors (Lipinski definition) is 4. The van der Waals surface area contributed by atoms with Crippen LogP contribution in [0.3, 0.4) is 0 Å². The topological polar surface area (TPSA) is 37.4 Å². The molecule has 0 amide bonds. The van der Waals surface area contributed by atoms with Crippen LogP contribution in [0.25, 0.3) is 0 Å². The molecule has 4 nitrogen and oxygen atoms in total. The molecule has 2 atom stereocenters. The lowest BCUT2D eigenvalue weighted by Crippen LogP contribution is -2.47. The van der Waals surface area contributed by atoms with Crippen LogP contribution in [0.2, 0.25) is 0 Å². The predicted octanol–water partition coefficient (Wildman–Crippen LogP) is 2.76. The van der Waals surface area contributed by atoms with E-state index in [9.17, 15) is 0 Å². The van der Waals surface area contributed by atoms with Gasteiger partial charge in [0.05, 0.1) is 23.2 Å². The SMILES string of the molecule is CCC(NC)c1ccc(N2CCCC(C)(OC)C2)cn1. The predicted molar refractivity (Wildman–Crippen MR) is 83.2 cm³/mol. The molecule has 2 rings (SSSR count). The molecule has 0 radical (unpaired) electrons. The van der Waals surface area contributed by atoms with Crippen LogP contribution in [-0.4, -0.2) is 37.8 Å². The van der Waals surface area contributed by atoms with E-state index < -0.39 is 0 Å². The standard InChI is InChI=1S/C16H27N3O/c1-5-14(17-3)15-8-7-13(11-18-15)19-10-6-9-16(2,12-19)20-4/h7-8,11,14,17H,5-6,9-10,12H2,1-4H3. The number of hydrogen-bond donors (Lipinski definition) is 1. The Kier molecular flexibility index (Phi) is 5.00. The molecule has 1 aromatic heterocycles. The summed E-state index contributed by atoms with van der Waals surface area (Å²) in [6.45, 7) is 6.39. The van der Waals surface area contributed by atoms with Crippen molar-refractivity contribution in [3.63, 3.8) is 0 Å². The molecular weight excluding hydrogens is 250 g/mol. The van der Waals surface area contributed by atoms with Crippen molar-refractivity contribution in [3.8, 4) is 0 Å². The summed E-state index contributed by atoms with van der Waals surface area (Å²) >= 11 is 0. The Morgan fingerprint density at radius 3 is 2.85 bits per heavy atom. The summed E-state index contributed by atoms with van der Waals surface area (Å²) in [4.78, 5) is 7.00. The zero-order valence-electron chi connectivity index (χ0n) is 13.1. The summed E-state index contributed by atoms with van der Waals surface area (Å²) in [6.07, 6.45) is 5.34. The maximum Gasteiger partial charge on any atom is 0.0825 e. The number of aromatic nitrogens is 1. The summed E-state index contributed by atoms with van der Waals surface area (Å²) < 4.78 is 5.66. The number of nitrogens with one attached hydrogen (secondary N) is 1. The summed E-state index contributed by atoms with van der Waals surface area (Å²) in [6, 6.07) is 4.66. The lowest BCUT2D eigenvalue weighted by molar-refractivity contribution is -0.00466. The van der Waals surface area contributed by atoms with Crippen molar-refractivity contribution in [3.05, 3.63) is 24.0 Å². The Labute approximate surface area is 122 Å². The molecule has 1 saturated heterocycles. The molecule has 1 N–H and O–H groups in total. The summed E-state index contributed by atoms with van der Waals surface area (Å²) in [5, 5.41) is 3.29. The highest BCUT2D eigenvalue weighted by Crippen LogP contribution is 2.28. The van der Waals surface area contributed by atoms with E-state index in [0.717, 1.165) is 31.6 Å². The Balaban J connectivity index is 2.10. The third kappa shape index (κ3) is 3.30. The van der Waals surface area contributed by atoms with Gasteiger partial charge in [0, 0.05) is 26.2 Å². The quantitative estimate of drug-likeness (QED) is 0.898. The van der Waals surface area contributed by atoms with Gasteiger partial charge < -0.3 is 15.0 Å². The van der Waals surface area contributed by atoms with Gasteiger partial charge in [-0.05, 0) is 45.4 Å². The molecule has 2 heterocycles. The van der Waals surface area contributed by atoms with Crippen LogP contribution < -0.4 is 10.2 Å². The lowest BCUT2D eigenvalue weighted by Gasteiger charge is -2.40. The molecule has 0 aromatic carbocycles. The highest BCUT2D eigenvalue weighted by Gasteiger charge is 2.30. The second kappa shape index (κ2) is 6.55. The van der Waals surface area contributed by atoms with Gasteiger partial charge in [-0.25, -0.2) is 0 Å². The van der Waals surface area contributed by atoms with Crippen LogP contribution >= 0.6 is 0 Å². The van der Waals surface area contributed by atoms with Gasteiger partial charge in [-0.15, -0.1) is 0 Å². The zero-order valence-corrected chi connectivity index (χ0v) is 13.1. The minimum Gasteiger partial charge on any atom is -0.377 e. The molecule has 112 valence electrons. The number of nitrogens with zero attached hydrogens (tertiary/aromatic N) is 2. The molecule has 1 aromatic rings. The average molecular weight is 277 g/mol. The van der Waals surface area contributed by atoms with Gasteiger partial charge in [0.15, 0.2) is 0 Å². The largest absolute Gasteiger partial charge is 0.377 e. The van der Waals surface area contributed by atoms with Crippen LogP contribution in [0, 0.1) is 0 Å². The number of pyridine rings is 1. The maximum absolute atomic E-state index is 5.66. The number of rotatable bonds is 5. The third-order valence-corrected chi connectivity index (χ3v) is 4.40. The van der Waals surface area contributed by atoms with Gasteiger partial charge in [0.2, 0.25) is 0 Å². The highest BCUT2D eigenvalue weighted by atomic mass is 16.5. The van der Waals surface area contributed by atoms with Crippen molar-refractivity contribution in [2.45, 2.75) is 44.8 Å². The monoisotopic (exact) mass is 277 g/mol. The molecule has 0 spiro atoms. The van der Waals surface area contributed by atoms with E-state index in [1.54, 1.807) is 0 Å². The first-order valence-electron chi connectivity index (χ1n) is 7.55. The number of ether oxygens (including phenoxy) is 1. The van der Waals surface area contributed by atoms with Crippen LogP contribution in [0.5, 0.6) is 0 Å². The number of methoxy groups -OCH3 is 1. The van der Waals surface area contributed by atoms with Crippen molar-refractivity contribution in [1.29, 1.82) is 0 Å². The van der Waals surface area contributed by atoms with Gasteiger partial charge in [-0.3, -0.25) is 4.98 Å². The number of anilines is 1. The molecule has 1 aliphatic rings. The van der Waals surface area contributed by atoms with Crippen LogP contribution in [0.15, 0.2) is 18.3 Å². The molecule has 0 aliphatic carbocycles.